The van der Waals surface area contributed by atoms with Gasteiger partial charge < -0.3 is 10.2 Å². The van der Waals surface area contributed by atoms with E-state index in [9.17, 15) is 4.79 Å². The molecule has 6 heteroatoms. The molecule has 0 fully saturated rings. The number of hydrogen-bond acceptors (Lipinski definition) is 3. The van der Waals surface area contributed by atoms with Crippen molar-refractivity contribution in [3.8, 4) is 0 Å². The van der Waals surface area contributed by atoms with E-state index in [1.54, 1.807) is 29.2 Å². The fraction of sp³-hybridized carbons (Fsp3) is 0.0769. The number of fused-ring (bicyclic) bond motifs is 1. The van der Waals surface area contributed by atoms with Crippen molar-refractivity contribution in [1.29, 1.82) is 0 Å². The number of rotatable bonds is 1. The molecule has 19 heavy (non-hydrogen) atoms. The Bertz CT molecular complexity index is 660. The maximum absolute atomic E-state index is 11.7. The summed E-state index contributed by atoms with van der Waals surface area (Å²) in [5.41, 5.74) is 1.44. The average molecular weight is 294 g/mol. The van der Waals surface area contributed by atoms with Crippen molar-refractivity contribution < 1.29 is 4.79 Å². The Morgan fingerprint density at radius 3 is 2.84 bits per heavy atom. The lowest BCUT2D eigenvalue weighted by atomic mass is 10.2. The third-order valence-electron chi connectivity index (χ3n) is 2.79. The van der Waals surface area contributed by atoms with Gasteiger partial charge in [0.25, 0.3) is 0 Å². The number of halogens is 2. The highest BCUT2D eigenvalue weighted by Crippen LogP contribution is 2.34. The molecule has 0 saturated heterocycles. The number of aromatic nitrogens is 1. The predicted octanol–water partition coefficient (Wildman–Crippen LogP) is 3.48. The molecule has 1 aliphatic heterocycles. The van der Waals surface area contributed by atoms with Crippen LogP contribution in [0.2, 0.25) is 10.2 Å². The average Bonchev–Trinajstić information content (AvgIpc) is 2.38. The van der Waals surface area contributed by atoms with Gasteiger partial charge in [-0.1, -0.05) is 29.3 Å². The van der Waals surface area contributed by atoms with Crippen molar-refractivity contribution in [2.24, 2.45) is 0 Å². The summed E-state index contributed by atoms with van der Waals surface area (Å²) in [6, 6.07) is 10.6. The number of carbonyl (C=O) groups excluding carboxylic acids is 1. The van der Waals surface area contributed by atoms with Crippen LogP contribution in [0.1, 0.15) is 0 Å². The highest BCUT2D eigenvalue weighted by atomic mass is 35.5. The van der Waals surface area contributed by atoms with Gasteiger partial charge >= 0.3 is 0 Å². The van der Waals surface area contributed by atoms with Gasteiger partial charge in [0.15, 0.2) is 5.82 Å². The second-order valence-electron chi connectivity index (χ2n) is 4.12. The summed E-state index contributed by atoms with van der Waals surface area (Å²) >= 11 is 11.9. The molecule has 0 saturated carbocycles. The molecule has 1 aromatic heterocycles. The van der Waals surface area contributed by atoms with Gasteiger partial charge in [0, 0.05) is 10.7 Å². The van der Waals surface area contributed by atoms with E-state index < -0.39 is 0 Å². The summed E-state index contributed by atoms with van der Waals surface area (Å²) in [4.78, 5) is 17.8. The Hall–Kier alpha value is -1.78. The van der Waals surface area contributed by atoms with Gasteiger partial charge in [0.2, 0.25) is 5.91 Å². The van der Waals surface area contributed by atoms with Crippen molar-refractivity contribution in [1.82, 2.24) is 4.98 Å². The first kappa shape index (κ1) is 12.3. The predicted molar refractivity (Wildman–Crippen MR) is 76.3 cm³/mol. The van der Waals surface area contributed by atoms with Gasteiger partial charge in [-0.25, -0.2) is 4.98 Å². The normalized spacial score (nSPS) is 14.0. The lowest BCUT2D eigenvalue weighted by Crippen LogP contribution is -2.35. The Balaban J connectivity index is 2.12. The van der Waals surface area contributed by atoms with Gasteiger partial charge in [-0.2, -0.15) is 0 Å². The molecule has 96 valence electrons. The first-order valence-corrected chi connectivity index (χ1v) is 6.38. The van der Waals surface area contributed by atoms with Crippen molar-refractivity contribution in [2.75, 3.05) is 16.8 Å². The zero-order valence-corrected chi connectivity index (χ0v) is 11.2. The standard InChI is InChI=1S/C13H9Cl2N3O/c14-8-2-1-3-9(6-8)18-7-12(19)16-10-4-5-11(15)17-13(10)18/h1-6H,7H2,(H,16,19). The van der Waals surface area contributed by atoms with Crippen molar-refractivity contribution in [3.05, 3.63) is 46.6 Å². The molecule has 3 rings (SSSR count). The molecule has 1 aromatic carbocycles. The molecular weight excluding hydrogens is 285 g/mol. The van der Waals surface area contributed by atoms with Crippen LogP contribution in [0, 0.1) is 0 Å². The Labute approximate surface area is 120 Å². The van der Waals surface area contributed by atoms with Gasteiger partial charge in [-0.3, -0.25) is 4.79 Å². The van der Waals surface area contributed by atoms with Crippen LogP contribution >= 0.6 is 23.2 Å². The molecule has 2 heterocycles. The quantitative estimate of drug-likeness (QED) is 0.819. The molecule has 0 aliphatic carbocycles. The maximum atomic E-state index is 11.7. The number of carbonyl (C=O) groups is 1. The van der Waals surface area contributed by atoms with Crippen LogP contribution in [0.25, 0.3) is 0 Å². The van der Waals surface area contributed by atoms with E-state index in [2.05, 4.69) is 10.3 Å². The van der Waals surface area contributed by atoms with E-state index in [4.69, 9.17) is 23.2 Å². The molecule has 1 N–H and O–H groups in total. The first-order chi connectivity index (χ1) is 9.13. The zero-order chi connectivity index (χ0) is 13.4. The number of nitrogens with one attached hydrogen (secondary N) is 1. The summed E-state index contributed by atoms with van der Waals surface area (Å²) in [6.07, 6.45) is 0. The topological polar surface area (TPSA) is 45.2 Å². The first-order valence-electron chi connectivity index (χ1n) is 5.63. The Kier molecular flexibility index (Phi) is 3.05. The number of hydrogen-bond donors (Lipinski definition) is 1. The Morgan fingerprint density at radius 2 is 2.05 bits per heavy atom. The maximum Gasteiger partial charge on any atom is 0.244 e. The van der Waals surface area contributed by atoms with Crippen molar-refractivity contribution in [3.63, 3.8) is 0 Å². The lowest BCUT2D eigenvalue weighted by Gasteiger charge is -2.29. The third kappa shape index (κ3) is 2.37. The summed E-state index contributed by atoms with van der Waals surface area (Å²) in [7, 11) is 0. The van der Waals surface area contributed by atoms with Crippen LogP contribution in [-0.2, 0) is 4.79 Å². The summed E-state index contributed by atoms with van der Waals surface area (Å²) in [5.74, 6) is 0.519. The molecule has 0 unspecified atom stereocenters. The monoisotopic (exact) mass is 293 g/mol. The number of anilines is 3. The zero-order valence-electron chi connectivity index (χ0n) is 9.73. The number of pyridine rings is 1. The van der Waals surface area contributed by atoms with E-state index in [0.717, 1.165) is 5.69 Å². The molecule has 1 amide bonds. The molecular formula is C13H9Cl2N3O. The fourth-order valence-electron chi connectivity index (χ4n) is 1.99. The lowest BCUT2D eigenvalue weighted by molar-refractivity contribution is -0.115. The summed E-state index contributed by atoms with van der Waals surface area (Å²) in [6.45, 7) is 0.181. The van der Waals surface area contributed by atoms with E-state index in [-0.39, 0.29) is 12.5 Å². The van der Waals surface area contributed by atoms with Crippen LogP contribution < -0.4 is 10.2 Å². The van der Waals surface area contributed by atoms with Crippen LogP contribution in [0.4, 0.5) is 17.2 Å². The number of benzene rings is 1. The SMILES string of the molecule is O=C1CN(c2cccc(Cl)c2)c2nc(Cl)ccc2N1. The number of nitrogens with zero attached hydrogens (tertiary/aromatic N) is 2. The van der Waals surface area contributed by atoms with Crippen LogP contribution in [0.15, 0.2) is 36.4 Å². The van der Waals surface area contributed by atoms with Crippen LogP contribution in [-0.4, -0.2) is 17.4 Å². The molecule has 0 spiro atoms. The van der Waals surface area contributed by atoms with E-state index in [0.29, 0.717) is 21.7 Å². The molecule has 0 atom stereocenters. The van der Waals surface area contributed by atoms with Gasteiger partial charge in [-0.05, 0) is 30.3 Å². The second-order valence-corrected chi connectivity index (χ2v) is 4.94. The van der Waals surface area contributed by atoms with Crippen molar-refractivity contribution in [2.45, 2.75) is 0 Å². The summed E-state index contributed by atoms with van der Waals surface area (Å²) in [5, 5.41) is 3.75. The molecule has 1 aliphatic rings. The molecule has 4 nitrogen and oxygen atoms in total. The van der Waals surface area contributed by atoms with Crippen molar-refractivity contribution >= 4 is 46.3 Å². The Morgan fingerprint density at radius 1 is 1.21 bits per heavy atom. The van der Waals surface area contributed by atoms with Gasteiger partial charge in [0.05, 0.1) is 5.69 Å². The highest BCUT2D eigenvalue weighted by molar-refractivity contribution is 6.31. The minimum absolute atomic E-state index is 0.100. The minimum Gasteiger partial charge on any atom is -0.321 e. The van der Waals surface area contributed by atoms with E-state index in [1.165, 1.54) is 0 Å². The third-order valence-corrected chi connectivity index (χ3v) is 3.24. The van der Waals surface area contributed by atoms with Crippen LogP contribution in [0.3, 0.4) is 0 Å². The second kappa shape index (κ2) is 4.72. The molecule has 2 aromatic rings. The van der Waals surface area contributed by atoms with Gasteiger partial charge in [-0.15, -0.1) is 0 Å². The smallest absolute Gasteiger partial charge is 0.244 e. The highest BCUT2D eigenvalue weighted by Gasteiger charge is 2.24. The van der Waals surface area contributed by atoms with E-state index in [1.807, 2.05) is 12.1 Å². The van der Waals surface area contributed by atoms with Crippen LogP contribution in [0.5, 0.6) is 0 Å². The van der Waals surface area contributed by atoms with Gasteiger partial charge in [0.1, 0.15) is 11.7 Å². The minimum atomic E-state index is -0.100. The molecule has 0 bridgehead atoms. The largest absolute Gasteiger partial charge is 0.321 e. The molecule has 0 radical (unpaired) electrons. The number of amides is 1. The van der Waals surface area contributed by atoms with E-state index >= 15 is 0 Å². The fourth-order valence-corrected chi connectivity index (χ4v) is 2.32. The summed E-state index contributed by atoms with van der Waals surface area (Å²) < 4.78 is 0.